The van der Waals surface area contributed by atoms with Crippen LogP contribution in [0.4, 0.5) is 0 Å². The zero-order valence-corrected chi connectivity index (χ0v) is 5.37. The van der Waals surface area contributed by atoms with Crippen molar-refractivity contribution in [2.24, 2.45) is 0 Å². The molecule has 2 heterocycles. The third kappa shape index (κ3) is 1.41. The average Bonchev–Trinajstić information content (AvgIpc) is 2.60. The molecule has 2 aliphatic rings. The maximum atomic E-state index is 5.20. The van der Waals surface area contributed by atoms with E-state index in [1.807, 2.05) is 6.92 Å². The molecule has 2 saturated heterocycles. The van der Waals surface area contributed by atoms with E-state index in [1.54, 1.807) is 0 Å². The highest BCUT2D eigenvalue weighted by Crippen LogP contribution is 2.23. The third-order valence-corrected chi connectivity index (χ3v) is 1.59. The SMILES string of the molecule is CC1OC1COC1CO1. The van der Waals surface area contributed by atoms with Gasteiger partial charge in [-0.15, -0.1) is 0 Å². The fourth-order valence-corrected chi connectivity index (χ4v) is 0.743. The van der Waals surface area contributed by atoms with E-state index in [1.165, 1.54) is 0 Å². The van der Waals surface area contributed by atoms with Gasteiger partial charge in [-0.1, -0.05) is 0 Å². The van der Waals surface area contributed by atoms with Gasteiger partial charge in [-0.2, -0.15) is 0 Å². The van der Waals surface area contributed by atoms with Crippen LogP contribution in [0, 0.1) is 0 Å². The van der Waals surface area contributed by atoms with Crippen LogP contribution < -0.4 is 0 Å². The van der Waals surface area contributed by atoms with Crippen LogP contribution in [-0.2, 0) is 14.2 Å². The van der Waals surface area contributed by atoms with Gasteiger partial charge in [-0.05, 0) is 6.92 Å². The lowest BCUT2D eigenvalue weighted by Crippen LogP contribution is -2.05. The van der Waals surface area contributed by atoms with Gasteiger partial charge in [-0.3, -0.25) is 0 Å². The van der Waals surface area contributed by atoms with E-state index in [-0.39, 0.29) is 6.29 Å². The van der Waals surface area contributed by atoms with Crippen molar-refractivity contribution >= 4 is 0 Å². The van der Waals surface area contributed by atoms with Crippen LogP contribution >= 0.6 is 0 Å². The molecule has 0 bridgehead atoms. The highest BCUT2D eigenvalue weighted by atomic mass is 16.8. The molecule has 0 aromatic carbocycles. The minimum atomic E-state index is 0.0846. The van der Waals surface area contributed by atoms with Crippen molar-refractivity contribution < 1.29 is 14.2 Å². The summed E-state index contributed by atoms with van der Waals surface area (Å²) in [5.74, 6) is 0. The van der Waals surface area contributed by atoms with Gasteiger partial charge in [0.25, 0.3) is 0 Å². The first-order chi connectivity index (χ1) is 4.36. The molecule has 3 heteroatoms. The lowest BCUT2D eigenvalue weighted by molar-refractivity contribution is 0.0406. The van der Waals surface area contributed by atoms with E-state index in [2.05, 4.69) is 0 Å². The molecule has 0 spiro atoms. The monoisotopic (exact) mass is 130 g/mol. The summed E-state index contributed by atoms with van der Waals surface area (Å²) >= 11 is 0. The molecule has 0 N–H and O–H groups in total. The molecule has 2 rings (SSSR count). The van der Waals surface area contributed by atoms with Crippen molar-refractivity contribution in [3.05, 3.63) is 0 Å². The number of rotatable bonds is 3. The lowest BCUT2D eigenvalue weighted by Gasteiger charge is -1.92. The third-order valence-electron chi connectivity index (χ3n) is 1.59. The van der Waals surface area contributed by atoms with Crippen LogP contribution in [0.25, 0.3) is 0 Å². The van der Waals surface area contributed by atoms with E-state index in [4.69, 9.17) is 14.2 Å². The van der Waals surface area contributed by atoms with E-state index in [0.717, 1.165) is 6.61 Å². The second-order valence-electron chi connectivity index (χ2n) is 2.48. The molecule has 0 saturated carbocycles. The Morgan fingerprint density at radius 3 is 2.78 bits per heavy atom. The first-order valence-electron chi connectivity index (χ1n) is 3.25. The second-order valence-corrected chi connectivity index (χ2v) is 2.48. The van der Waals surface area contributed by atoms with Crippen molar-refractivity contribution in [2.75, 3.05) is 13.2 Å². The topological polar surface area (TPSA) is 34.3 Å². The summed E-state index contributed by atoms with van der Waals surface area (Å²) in [5, 5.41) is 0. The normalized spacial score (nSPS) is 47.0. The molecule has 0 radical (unpaired) electrons. The van der Waals surface area contributed by atoms with Crippen LogP contribution in [0.2, 0.25) is 0 Å². The summed E-state index contributed by atoms with van der Waals surface area (Å²) in [4.78, 5) is 0. The van der Waals surface area contributed by atoms with Crippen LogP contribution in [0.1, 0.15) is 6.92 Å². The first-order valence-corrected chi connectivity index (χ1v) is 3.25. The van der Waals surface area contributed by atoms with E-state index in [9.17, 15) is 0 Å². The van der Waals surface area contributed by atoms with Crippen molar-refractivity contribution in [3.63, 3.8) is 0 Å². The van der Waals surface area contributed by atoms with Crippen LogP contribution in [0.3, 0.4) is 0 Å². The molecule has 3 nitrogen and oxygen atoms in total. The van der Waals surface area contributed by atoms with Gasteiger partial charge in [0, 0.05) is 0 Å². The Morgan fingerprint density at radius 2 is 2.33 bits per heavy atom. The minimum Gasteiger partial charge on any atom is -0.367 e. The van der Waals surface area contributed by atoms with E-state index in [0.29, 0.717) is 18.8 Å². The van der Waals surface area contributed by atoms with E-state index >= 15 is 0 Å². The van der Waals surface area contributed by atoms with Gasteiger partial charge in [0.15, 0.2) is 6.29 Å². The van der Waals surface area contributed by atoms with Gasteiger partial charge in [0.2, 0.25) is 0 Å². The average molecular weight is 130 g/mol. The summed E-state index contributed by atoms with van der Waals surface area (Å²) in [6, 6.07) is 0. The fourth-order valence-electron chi connectivity index (χ4n) is 0.743. The molecular formula is C6H10O3. The number of hydrogen-bond acceptors (Lipinski definition) is 3. The van der Waals surface area contributed by atoms with Gasteiger partial charge < -0.3 is 14.2 Å². The Labute approximate surface area is 53.9 Å². The molecule has 0 aliphatic carbocycles. The van der Waals surface area contributed by atoms with Crippen molar-refractivity contribution in [2.45, 2.75) is 25.4 Å². The second kappa shape index (κ2) is 1.94. The number of epoxide rings is 2. The molecule has 3 atom stereocenters. The van der Waals surface area contributed by atoms with E-state index < -0.39 is 0 Å². The highest BCUT2D eigenvalue weighted by Gasteiger charge is 2.36. The summed E-state index contributed by atoms with van der Waals surface area (Å²) in [7, 11) is 0. The van der Waals surface area contributed by atoms with Gasteiger partial charge in [0.1, 0.15) is 12.7 Å². The molecular weight excluding hydrogens is 120 g/mol. The Morgan fingerprint density at radius 1 is 1.67 bits per heavy atom. The molecule has 9 heavy (non-hydrogen) atoms. The predicted molar refractivity (Wildman–Crippen MR) is 30.0 cm³/mol. The molecule has 0 amide bonds. The molecule has 2 fully saturated rings. The number of ether oxygens (including phenoxy) is 3. The van der Waals surface area contributed by atoms with Crippen LogP contribution in [-0.4, -0.2) is 31.7 Å². The smallest absolute Gasteiger partial charge is 0.181 e. The Hall–Kier alpha value is -0.120. The minimum absolute atomic E-state index is 0.0846. The molecule has 3 unspecified atom stereocenters. The zero-order valence-electron chi connectivity index (χ0n) is 5.37. The fraction of sp³-hybridized carbons (Fsp3) is 1.00. The summed E-state index contributed by atoms with van der Waals surface area (Å²) in [6.45, 7) is 3.51. The molecule has 0 aromatic heterocycles. The quantitative estimate of drug-likeness (QED) is 0.510. The summed E-state index contributed by atoms with van der Waals surface area (Å²) < 4.78 is 15.2. The number of hydrogen-bond donors (Lipinski definition) is 0. The van der Waals surface area contributed by atoms with Crippen LogP contribution in [0.15, 0.2) is 0 Å². The standard InChI is InChI=1S/C6H10O3/c1-4-5(9-4)2-7-6-3-8-6/h4-6H,2-3H2,1H3. The largest absolute Gasteiger partial charge is 0.367 e. The Kier molecular flexibility index (Phi) is 1.22. The van der Waals surface area contributed by atoms with Gasteiger partial charge in [0.05, 0.1) is 12.7 Å². The lowest BCUT2D eigenvalue weighted by atomic mass is 10.4. The Balaban J connectivity index is 1.57. The van der Waals surface area contributed by atoms with Crippen molar-refractivity contribution in [3.8, 4) is 0 Å². The molecule has 0 aromatic rings. The maximum Gasteiger partial charge on any atom is 0.181 e. The Bertz CT molecular complexity index is 111. The summed E-state index contributed by atoms with van der Waals surface area (Å²) in [6.07, 6.45) is 0.833. The zero-order chi connectivity index (χ0) is 6.27. The van der Waals surface area contributed by atoms with Crippen molar-refractivity contribution in [1.82, 2.24) is 0 Å². The maximum absolute atomic E-state index is 5.20. The molecule has 2 aliphatic heterocycles. The first kappa shape index (κ1) is 5.65. The van der Waals surface area contributed by atoms with Gasteiger partial charge >= 0.3 is 0 Å². The molecule has 52 valence electrons. The van der Waals surface area contributed by atoms with Crippen molar-refractivity contribution in [1.29, 1.82) is 0 Å². The van der Waals surface area contributed by atoms with Gasteiger partial charge in [-0.25, -0.2) is 0 Å². The summed E-state index contributed by atoms with van der Waals surface area (Å²) in [5.41, 5.74) is 0. The van der Waals surface area contributed by atoms with Crippen LogP contribution in [0.5, 0.6) is 0 Å². The highest BCUT2D eigenvalue weighted by molar-refractivity contribution is 4.80. The predicted octanol–water partition coefficient (Wildman–Crippen LogP) is 0.147.